The maximum Gasteiger partial charge on any atom is 0.416 e. The molecular weight excluding hydrogens is 527 g/mol. The zero-order chi connectivity index (χ0) is 28.8. The predicted molar refractivity (Wildman–Crippen MR) is 152 cm³/mol. The van der Waals surface area contributed by atoms with Crippen molar-refractivity contribution in [3.05, 3.63) is 130 Å². The average molecular weight is 560 g/mol. The van der Waals surface area contributed by atoms with Crippen molar-refractivity contribution in [3.63, 3.8) is 0 Å². The lowest BCUT2D eigenvalue weighted by molar-refractivity contribution is -0.137. The van der Waals surface area contributed by atoms with Crippen LogP contribution in [-0.4, -0.2) is 17.1 Å². The highest BCUT2D eigenvalue weighted by Gasteiger charge is 2.31. The van der Waals surface area contributed by atoms with Gasteiger partial charge < -0.3 is 15.2 Å². The molecule has 0 aromatic heterocycles. The second kappa shape index (κ2) is 12.6. The van der Waals surface area contributed by atoms with Crippen LogP contribution < -0.4 is 10.1 Å². The van der Waals surface area contributed by atoms with Crippen molar-refractivity contribution in [1.29, 1.82) is 0 Å². The lowest BCUT2D eigenvalue weighted by atomic mass is 9.93. The van der Waals surface area contributed by atoms with Crippen molar-refractivity contribution in [1.82, 2.24) is 5.32 Å². The van der Waals surface area contributed by atoms with Gasteiger partial charge in [-0.25, -0.2) is 0 Å². The fourth-order valence-corrected chi connectivity index (χ4v) is 5.33. The summed E-state index contributed by atoms with van der Waals surface area (Å²) in [5.74, 6) is 0.960. The van der Waals surface area contributed by atoms with Crippen LogP contribution in [0.1, 0.15) is 63.5 Å². The van der Waals surface area contributed by atoms with Crippen LogP contribution in [0.2, 0.25) is 0 Å². The van der Waals surface area contributed by atoms with Gasteiger partial charge in [0.2, 0.25) is 0 Å². The fraction of sp³-hybridized carbons (Fsp3) is 0.265. The molecular formula is C34H32F3NO3. The van der Waals surface area contributed by atoms with Crippen molar-refractivity contribution < 1.29 is 27.8 Å². The molecule has 1 aliphatic rings. The summed E-state index contributed by atoms with van der Waals surface area (Å²) < 4.78 is 45.2. The first-order valence-electron chi connectivity index (χ1n) is 13.9. The lowest BCUT2D eigenvalue weighted by Crippen LogP contribution is -2.41. The average Bonchev–Trinajstić information content (AvgIpc) is 3.23. The number of aryl methyl sites for hydroxylation is 1. The van der Waals surface area contributed by atoms with Crippen molar-refractivity contribution >= 4 is 5.91 Å². The van der Waals surface area contributed by atoms with Crippen molar-refractivity contribution in [2.75, 3.05) is 0 Å². The first-order chi connectivity index (χ1) is 19.8. The Hall–Kier alpha value is -4.10. The number of benzene rings is 4. The van der Waals surface area contributed by atoms with E-state index in [1.54, 1.807) is 30.3 Å². The molecule has 4 aromatic carbocycles. The monoisotopic (exact) mass is 559 g/mol. The van der Waals surface area contributed by atoms with Gasteiger partial charge in [-0.15, -0.1) is 0 Å². The Bertz CT molecular complexity index is 1450. The summed E-state index contributed by atoms with van der Waals surface area (Å²) in [6.07, 6.45) is -0.491. The van der Waals surface area contributed by atoms with E-state index in [-0.39, 0.29) is 12.3 Å². The molecule has 2 unspecified atom stereocenters. The Morgan fingerprint density at radius 1 is 0.805 bits per heavy atom. The number of nitrogens with one attached hydrogen (secondary N) is 1. The van der Waals surface area contributed by atoms with E-state index >= 15 is 0 Å². The third kappa shape index (κ3) is 7.16. The topological polar surface area (TPSA) is 58.6 Å². The molecule has 0 saturated heterocycles. The van der Waals surface area contributed by atoms with E-state index in [2.05, 4.69) is 11.4 Å². The van der Waals surface area contributed by atoms with Gasteiger partial charge in [0.25, 0.3) is 5.91 Å². The Labute approximate surface area is 237 Å². The molecule has 0 fully saturated rings. The Morgan fingerprint density at radius 3 is 2.20 bits per heavy atom. The van der Waals surface area contributed by atoms with Gasteiger partial charge in [-0.1, -0.05) is 61.0 Å². The first-order valence-corrected chi connectivity index (χ1v) is 13.9. The van der Waals surface area contributed by atoms with E-state index in [1.807, 2.05) is 36.4 Å². The van der Waals surface area contributed by atoms with Crippen molar-refractivity contribution in [3.8, 4) is 11.5 Å². The summed E-state index contributed by atoms with van der Waals surface area (Å²) in [5, 5.41) is 14.5. The second-order valence-electron chi connectivity index (χ2n) is 10.4. The maximum atomic E-state index is 13.6. The van der Waals surface area contributed by atoms with Crippen LogP contribution >= 0.6 is 0 Å². The number of halogens is 3. The van der Waals surface area contributed by atoms with E-state index in [0.29, 0.717) is 28.2 Å². The number of alkyl halides is 3. The third-order valence-corrected chi connectivity index (χ3v) is 7.53. The van der Waals surface area contributed by atoms with E-state index in [4.69, 9.17) is 4.74 Å². The molecule has 7 heteroatoms. The Morgan fingerprint density at radius 2 is 1.49 bits per heavy atom. The quantitative estimate of drug-likeness (QED) is 0.216. The second-order valence-corrected chi connectivity index (χ2v) is 10.4. The molecule has 1 aliphatic carbocycles. The summed E-state index contributed by atoms with van der Waals surface area (Å²) in [6.45, 7) is 0. The summed E-state index contributed by atoms with van der Waals surface area (Å²) in [6, 6.07) is 26.0. The molecule has 0 bridgehead atoms. The number of carbonyl (C=O) groups excluding carboxylic acids is 1. The fourth-order valence-electron chi connectivity index (χ4n) is 5.33. The number of hydrogen-bond acceptors (Lipinski definition) is 3. The molecule has 0 aliphatic heterocycles. The van der Waals surface area contributed by atoms with Crippen LogP contribution in [0, 0.1) is 0 Å². The molecule has 212 valence electrons. The number of ether oxygens (including phenoxy) is 1. The molecule has 0 spiro atoms. The van der Waals surface area contributed by atoms with E-state index in [0.717, 1.165) is 49.8 Å². The summed E-state index contributed by atoms with van der Waals surface area (Å²) in [7, 11) is 0. The van der Waals surface area contributed by atoms with Gasteiger partial charge in [0.05, 0.1) is 17.7 Å². The standard InChI is InChI=1S/C34H32F3NO3/c35-34(36,37)26-18-14-23(15-19-26)22-31(38-33(40)30-13-7-9-24-8-3-1-6-12-29(24)30)32(39)25-16-20-28(21-17-25)41-27-10-4-2-5-11-27/h2,4-5,7,9-11,13-21,31-32,39H,1,3,6,8,12,22H2,(H,38,40). The van der Waals surface area contributed by atoms with Gasteiger partial charge >= 0.3 is 6.18 Å². The molecule has 2 atom stereocenters. The highest BCUT2D eigenvalue weighted by atomic mass is 19.4. The molecule has 4 aromatic rings. The number of carbonyl (C=O) groups is 1. The van der Waals surface area contributed by atoms with Crippen LogP contribution in [-0.2, 0) is 25.4 Å². The van der Waals surface area contributed by atoms with Gasteiger partial charge in [0.15, 0.2) is 0 Å². The number of aliphatic hydroxyl groups excluding tert-OH is 1. The van der Waals surface area contributed by atoms with E-state index < -0.39 is 23.9 Å². The SMILES string of the molecule is O=C(NC(Cc1ccc(C(F)(F)F)cc1)C(O)c1ccc(Oc2ccccc2)cc1)c1cccc2c1CCCCC2. The predicted octanol–water partition coefficient (Wildman–Crippen LogP) is 7.84. The number of aliphatic hydroxyl groups is 1. The highest BCUT2D eigenvalue weighted by molar-refractivity contribution is 5.96. The number of para-hydroxylation sites is 1. The van der Waals surface area contributed by atoms with Gasteiger partial charge in [-0.3, -0.25) is 4.79 Å². The minimum absolute atomic E-state index is 0.141. The first kappa shape index (κ1) is 28.4. The van der Waals surface area contributed by atoms with Crippen LogP contribution in [0.3, 0.4) is 0 Å². The van der Waals surface area contributed by atoms with E-state index in [9.17, 15) is 23.1 Å². The molecule has 5 rings (SSSR count). The minimum Gasteiger partial charge on any atom is -0.457 e. The molecule has 0 saturated carbocycles. The zero-order valence-electron chi connectivity index (χ0n) is 22.5. The number of hydrogen-bond donors (Lipinski definition) is 2. The lowest BCUT2D eigenvalue weighted by Gasteiger charge is -2.26. The third-order valence-electron chi connectivity index (χ3n) is 7.53. The maximum absolute atomic E-state index is 13.6. The van der Waals surface area contributed by atoms with Crippen LogP contribution in [0.25, 0.3) is 0 Å². The minimum atomic E-state index is -4.44. The Balaban J connectivity index is 1.39. The number of amides is 1. The zero-order valence-corrected chi connectivity index (χ0v) is 22.5. The van der Waals surface area contributed by atoms with Gasteiger partial charge in [-0.05, 0) is 96.8 Å². The van der Waals surface area contributed by atoms with Gasteiger partial charge in [0.1, 0.15) is 11.5 Å². The van der Waals surface area contributed by atoms with Gasteiger partial charge in [-0.2, -0.15) is 13.2 Å². The summed E-state index contributed by atoms with van der Waals surface area (Å²) in [4.78, 5) is 13.6. The Kier molecular flexibility index (Phi) is 8.74. The number of rotatable bonds is 8. The van der Waals surface area contributed by atoms with E-state index in [1.165, 1.54) is 17.7 Å². The molecule has 0 radical (unpaired) electrons. The summed E-state index contributed by atoms with van der Waals surface area (Å²) >= 11 is 0. The normalized spacial score (nSPS) is 14.8. The molecule has 0 heterocycles. The van der Waals surface area contributed by atoms with Crippen LogP contribution in [0.15, 0.2) is 97.1 Å². The van der Waals surface area contributed by atoms with Crippen LogP contribution in [0.5, 0.6) is 11.5 Å². The number of fused-ring (bicyclic) bond motifs is 1. The largest absolute Gasteiger partial charge is 0.457 e. The van der Waals surface area contributed by atoms with Gasteiger partial charge in [0, 0.05) is 5.56 Å². The summed E-state index contributed by atoms with van der Waals surface area (Å²) in [5.41, 5.74) is 3.16. The molecule has 1 amide bonds. The molecule has 41 heavy (non-hydrogen) atoms. The molecule has 2 N–H and O–H groups in total. The van der Waals surface area contributed by atoms with Crippen molar-refractivity contribution in [2.24, 2.45) is 0 Å². The van der Waals surface area contributed by atoms with Crippen molar-refractivity contribution in [2.45, 2.75) is 56.8 Å². The highest BCUT2D eigenvalue weighted by Crippen LogP contribution is 2.31. The molecule has 4 nitrogen and oxygen atoms in total. The smallest absolute Gasteiger partial charge is 0.416 e. The van der Waals surface area contributed by atoms with Crippen LogP contribution in [0.4, 0.5) is 13.2 Å².